The number of carbonyl (C=O) groups excluding carboxylic acids is 1. The fraction of sp³-hybridized carbons (Fsp3) is 0.200. The normalized spacial score (nSPS) is 16.9. The molecule has 0 saturated heterocycles. The van der Waals surface area contributed by atoms with Crippen molar-refractivity contribution < 1.29 is 4.79 Å². The summed E-state index contributed by atoms with van der Waals surface area (Å²) in [7, 11) is 0. The van der Waals surface area contributed by atoms with E-state index in [2.05, 4.69) is 10.3 Å². The lowest BCUT2D eigenvalue weighted by Gasteiger charge is -2.14. The molecule has 4 heteroatoms. The number of amides is 1. The Balaban J connectivity index is 1.78. The monoisotopic (exact) mass is 253 g/mol. The zero-order valence-electron chi connectivity index (χ0n) is 10.5. The summed E-state index contributed by atoms with van der Waals surface area (Å²) in [5, 5.41) is 3.06. The fourth-order valence-corrected chi connectivity index (χ4v) is 2.53. The summed E-state index contributed by atoms with van der Waals surface area (Å²) in [5.74, 6) is -0.0583. The Morgan fingerprint density at radius 1 is 1.26 bits per heavy atom. The average molecular weight is 253 g/mol. The Bertz CT molecular complexity index is 610. The molecule has 96 valence electrons. The molecule has 1 amide bonds. The summed E-state index contributed by atoms with van der Waals surface area (Å²) in [4.78, 5) is 16.0. The van der Waals surface area contributed by atoms with Gasteiger partial charge in [-0.05, 0) is 48.2 Å². The zero-order valence-corrected chi connectivity index (χ0v) is 10.5. The maximum Gasteiger partial charge on any atom is 0.251 e. The van der Waals surface area contributed by atoms with E-state index in [1.165, 1.54) is 11.1 Å². The largest absolute Gasteiger partial charge is 0.399 e. The zero-order chi connectivity index (χ0) is 13.2. The Morgan fingerprint density at radius 3 is 2.84 bits per heavy atom. The van der Waals surface area contributed by atoms with Gasteiger partial charge in [0.05, 0.1) is 6.04 Å². The molecule has 0 bridgehead atoms. The SMILES string of the molecule is Nc1ccc2c(c1)CCC2NC(=O)c1ccncc1. The molecule has 4 nitrogen and oxygen atoms in total. The highest BCUT2D eigenvalue weighted by Gasteiger charge is 2.24. The highest BCUT2D eigenvalue weighted by atomic mass is 16.1. The van der Waals surface area contributed by atoms with E-state index in [-0.39, 0.29) is 11.9 Å². The number of fused-ring (bicyclic) bond motifs is 1. The minimum absolute atomic E-state index is 0.0583. The van der Waals surface area contributed by atoms with Crippen LogP contribution in [-0.4, -0.2) is 10.9 Å². The van der Waals surface area contributed by atoms with Crippen LogP contribution in [0.3, 0.4) is 0 Å². The van der Waals surface area contributed by atoms with Crippen molar-refractivity contribution in [1.29, 1.82) is 0 Å². The van der Waals surface area contributed by atoms with Crippen molar-refractivity contribution in [3.05, 3.63) is 59.4 Å². The number of nitrogens with zero attached hydrogens (tertiary/aromatic N) is 1. The third-order valence-corrected chi connectivity index (χ3v) is 3.49. The first-order valence-corrected chi connectivity index (χ1v) is 6.33. The molecular weight excluding hydrogens is 238 g/mol. The van der Waals surface area contributed by atoms with E-state index in [4.69, 9.17) is 5.73 Å². The maximum absolute atomic E-state index is 12.1. The molecule has 0 radical (unpaired) electrons. The number of nitrogen functional groups attached to an aromatic ring is 1. The van der Waals surface area contributed by atoms with Crippen molar-refractivity contribution in [2.45, 2.75) is 18.9 Å². The van der Waals surface area contributed by atoms with Crippen LogP contribution in [0.1, 0.15) is 33.9 Å². The van der Waals surface area contributed by atoms with Gasteiger partial charge in [-0.15, -0.1) is 0 Å². The summed E-state index contributed by atoms with van der Waals surface area (Å²) < 4.78 is 0. The molecule has 1 aromatic heterocycles. The topological polar surface area (TPSA) is 68.0 Å². The van der Waals surface area contributed by atoms with Gasteiger partial charge in [0.1, 0.15) is 0 Å². The summed E-state index contributed by atoms with van der Waals surface area (Å²) in [6, 6.07) is 9.40. The number of hydrogen-bond donors (Lipinski definition) is 2. The minimum atomic E-state index is -0.0583. The maximum atomic E-state index is 12.1. The van der Waals surface area contributed by atoms with Crippen LogP contribution in [0.25, 0.3) is 0 Å². The van der Waals surface area contributed by atoms with Gasteiger partial charge in [0.15, 0.2) is 0 Å². The van der Waals surface area contributed by atoms with Crippen LogP contribution >= 0.6 is 0 Å². The van der Waals surface area contributed by atoms with Gasteiger partial charge in [-0.2, -0.15) is 0 Å². The van der Waals surface area contributed by atoms with Gasteiger partial charge < -0.3 is 11.1 Å². The number of aromatic nitrogens is 1. The van der Waals surface area contributed by atoms with Gasteiger partial charge in [-0.1, -0.05) is 6.07 Å². The number of rotatable bonds is 2. The Kier molecular flexibility index (Phi) is 2.91. The second-order valence-corrected chi connectivity index (χ2v) is 4.76. The highest BCUT2D eigenvalue weighted by Crippen LogP contribution is 2.32. The number of benzene rings is 1. The average Bonchev–Trinajstić information content (AvgIpc) is 2.82. The van der Waals surface area contributed by atoms with Gasteiger partial charge >= 0.3 is 0 Å². The second-order valence-electron chi connectivity index (χ2n) is 4.76. The number of aryl methyl sites for hydroxylation is 1. The van der Waals surface area contributed by atoms with E-state index in [1.54, 1.807) is 24.5 Å². The molecule has 3 N–H and O–H groups in total. The third kappa shape index (κ3) is 2.29. The van der Waals surface area contributed by atoms with E-state index in [1.807, 2.05) is 18.2 Å². The van der Waals surface area contributed by atoms with Crippen LogP contribution in [0.4, 0.5) is 5.69 Å². The summed E-state index contributed by atoms with van der Waals surface area (Å²) in [5.41, 5.74) is 9.60. The van der Waals surface area contributed by atoms with Gasteiger partial charge in [0.2, 0.25) is 0 Å². The molecular formula is C15H15N3O. The van der Waals surface area contributed by atoms with Crippen molar-refractivity contribution >= 4 is 11.6 Å². The standard InChI is InChI=1S/C15H15N3O/c16-12-2-3-13-11(9-12)1-4-14(13)18-15(19)10-5-7-17-8-6-10/h2-3,5-9,14H,1,4,16H2,(H,18,19). The van der Waals surface area contributed by atoms with Crippen molar-refractivity contribution in [3.63, 3.8) is 0 Å². The second kappa shape index (κ2) is 4.72. The Labute approximate surface area is 111 Å². The molecule has 1 aromatic carbocycles. The molecule has 0 fully saturated rings. The van der Waals surface area contributed by atoms with Crippen LogP contribution in [0.2, 0.25) is 0 Å². The summed E-state index contributed by atoms with van der Waals surface area (Å²) >= 11 is 0. The van der Waals surface area contributed by atoms with E-state index in [0.29, 0.717) is 5.56 Å². The Hall–Kier alpha value is -2.36. The van der Waals surface area contributed by atoms with Crippen LogP contribution in [0.5, 0.6) is 0 Å². The first-order chi connectivity index (χ1) is 9.24. The number of hydrogen-bond acceptors (Lipinski definition) is 3. The lowest BCUT2D eigenvalue weighted by molar-refractivity contribution is 0.0936. The van der Waals surface area contributed by atoms with Crippen molar-refractivity contribution in [1.82, 2.24) is 10.3 Å². The van der Waals surface area contributed by atoms with Crippen LogP contribution in [-0.2, 0) is 6.42 Å². The van der Waals surface area contributed by atoms with Gasteiger partial charge in [-0.25, -0.2) is 0 Å². The quantitative estimate of drug-likeness (QED) is 0.805. The predicted octanol–water partition coefficient (Wildman–Crippen LogP) is 2.08. The van der Waals surface area contributed by atoms with Gasteiger partial charge in [0, 0.05) is 23.6 Å². The molecule has 2 aromatic rings. The number of anilines is 1. The number of carbonyl (C=O) groups is 1. The molecule has 0 aliphatic heterocycles. The molecule has 0 spiro atoms. The number of nitrogens with two attached hydrogens (primary N) is 1. The van der Waals surface area contributed by atoms with Crippen molar-refractivity contribution in [2.75, 3.05) is 5.73 Å². The van der Waals surface area contributed by atoms with E-state index in [9.17, 15) is 4.79 Å². The smallest absolute Gasteiger partial charge is 0.251 e. The van der Waals surface area contributed by atoms with Gasteiger partial charge in [-0.3, -0.25) is 9.78 Å². The summed E-state index contributed by atoms with van der Waals surface area (Å²) in [6.07, 6.45) is 5.13. The molecule has 0 saturated carbocycles. The van der Waals surface area contributed by atoms with Gasteiger partial charge in [0.25, 0.3) is 5.91 Å². The first-order valence-electron chi connectivity index (χ1n) is 6.33. The van der Waals surface area contributed by atoms with Crippen LogP contribution in [0, 0.1) is 0 Å². The van der Waals surface area contributed by atoms with E-state index in [0.717, 1.165) is 18.5 Å². The number of pyridine rings is 1. The summed E-state index contributed by atoms with van der Waals surface area (Å²) in [6.45, 7) is 0. The minimum Gasteiger partial charge on any atom is -0.399 e. The van der Waals surface area contributed by atoms with Crippen LogP contribution in [0.15, 0.2) is 42.7 Å². The van der Waals surface area contributed by atoms with E-state index < -0.39 is 0 Å². The third-order valence-electron chi connectivity index (χ3n) is 3.49. The highest BCUT2D eigenvalue weighted by molar-refractivity contribution is 5.94. The molecule has 1 unspecified atom stereocenters. The molecule has 3 rings (SSSR count). The van der Waals surface area contributed by atoms with Crippen LogP contribution < -0.4 is 11.1 Å². The van der Waals surface area contributed by atoms with Crippen molar-refractivity contribution in [3.8, 4) is 0 Å². The fourth-order valence-electron chi connectivity index (χ4n) is 2.53. The lowest BCUT2D eigenvalue weighted by Crippen LogP contribution is -2.27. The van der Waals surface area contributed by atoms with Crippen molar-refractivity contribution in [2.24, 2.45) is 0 Å². The molecule has 1 atom stereocenters. The first kappa shape index (κ1) is 11.7. The number of nitrogens with one attached hydrogen (secondary N) is 1. The Morgan fingerprint density at radius 2 is 2.05 bits per heavy atom. The van der Waals surface area contributed by atoms with E-state index >= 15 is 0 Å². The molecule has 1 heterocycles. The molecule has 19 heavy (non-hydrogen) atoms. The predicted molar refractivity (Wildman–Crippen MR) is 73.6 cm³/mol. The lowest BCUT2D eigenvalue weighted by atomic mass is 10.1. The molecule has 1 aliphatic rings. The molecule has 1 aliphatic carbocycles.